The van der Waals surface area contributed by atoms with Gasteiger partial charge in [0.1, 0.15) is 11.6 Å². The number of benzene rings is 2. The number of hydrogen-bond acceptors (Lipinski definition) is 2. The zero-order chi connectivity index (χ0) is 17.1. The molecule has 1 heterocycles. The normalized spacial score (nSPS) is 20.6. The van der Waals surface area contributed by atoms with Crippen LogP contribution in [0.2, 0.25) is 0 Å². The minimum atomic E-state index is -0.578. The molecule has 1 aliphatic heterocycles. The van der Waals surface area contributed by atoms with E-state index in [0.29, 0.717) is 23.6 Å². The molecule has 0 spiro atoms. The molecule has 5 heteroatoms. The first kappa shape index (κ1) is 16.6. The van der Waals surface area contributed by atoms with Crippen LogP contribution in [0.1, 0.15) is 23.7 Å². The third-order valence-corrected chi connectivity index (χ3v) is 4.54. The van der Waals surface area contributed by atoms with Crippen LogP contribution in [0.25, 0.3) is 11.1 Å². The zero-order valence-electron chi connectivity index (χ0n) is 13.5. The second kappa shape index (κ2) is 7.09. The molecule has 0 saturated carbocycles. The van der Waals surface area contributed by atoms with Crippen molar-refractivity contribution >= 4 is 5.91 Å². The molecule has 1 aliphatic rings. The second-order valence-corrected chi connectivity index (χ2v) is 6.25. The summed E-state index contributed by atoms with van der Waals surface area (Å²) >= 11 is 0. The molecule has 2 aromatic rings. The topological polar surface area (TPSA) is 41.1 Å². The van der Waals surface area contributed by atoms with E-state index in [9.17, 15) is 13.6 Å². The maximum atomic E-state index is 14.4. The maximum Gasteiger partial charge on any atom is 0.254 e. The van der Waals surface area contributed by atoms with Crippen LogP contribution >= 0.6 is 0 Å². The lowest BCUT2D eigenvalue weighted by molar-refractivity contribution is 0.0911. The first-order chi connectivity index (χ1) is 11.5. The summed E-state index contributed by atoms with van der Waals surface area (Å²) in [5.41, 5.74) is 1.34. The average Bonchev–Trinajstić information content (AvgIpc) is 2.57. The molecule has 1 saturated heterocycles. The SMILES string of the molecule is CC1CCNCC1NC(=O)c1ccc(-c2ccc(F)cc2)cc1F. The summed E-state index contributed by atoms with van der Waals surface area (Å²) in [4.78, 5) is 12.3. The molecular formula is C19H20F2N2O. The molecule has 2 unspecified atom stereocenters. The van der Waals surface area contributed by atoms with Gasteiger partial charge in [-0.15, -0.1) is 0 Å². The van der Waals surface area contributed by atoms with E-state index >= 15 is 0 Å². The van der Waals surface area contributed by atoms with Gasteiger partial charge in [0, 0.05) is 12.6 Å². The van der Waals surface area contributed by atoms with Gasteiger partial charge < -0.3 is 10.6 Å². The largest absolute Gasteiger partial charge is 0.348 e. The number of carbonyl (C=O) groups excluding carboxylic acids is 1. The van der Waals surface area contributed by atoms with Crippen LogP contribution in [0.5, 0.6) is 0 Å². The van der Waals surface area contributed by atoms with Crippen LogP contribution in [-0.4, -0.2) is 25.0 Å². The number of piperidine rings is 1. The molecule has 2 atom stereocenters. The Labute approximate surface area is 140 Å². The van der Waals surface area contributed by atoms with Crippen LogP contribution in [-0.2, 0) is 0 Å². The fourth-order valence-corrected chi connectivity index (χ4v) is 2.95. The number of nitrogens with one attached hydrogen (secondary N) is 2. The number of hydrogen-bond donors (Lipinski definition) is 2. The summed E-state index contributed by atoms with van der Waals surface area (Å²) in [5.74, 6) is -0.966. The predicted molar refractivity (Wildman–Crippen MR) is 89.7 cm³/mol. The van der Waals surface area contributed by atoms with Crippen molar-refractivity contribution in [3.05, 3.63) is 59.7 Å². The Morgan fingerprint density at radius 3 is 2.50 bits per heavy atom. The van der Waals surface area contributed by atoms with Crippen molar-refractivity contribution in [2.24, 2.45) is 5.92 Å². The van der Waals surface area contributed by atoms with Gasteiger partial charge >= 0.3 is 0 Å². The van der Waals surface area contributed by atoms with E-state index in [2.05, 4.69) is 17.6 Å². The van der Waals surface area contributed by atoms with Gasteiger partial charge in [-0.05, 0) is 54.3 Å². The van der Waals surface area contributed by atoms with Gasteiger partial charge in [-0.1, -0.05) is 25.1 Å². The molecule has 2 aromatic carbocycles. The summed E-state index contributed by atoms with van der Waals surface area (Å²) in [5, 5.41) is 6.13. The highest BCUT2D eigenvalue weighted by atomic mass is 19.1. The Morgan fingerprint density at radius 1 is 1.12 bits per heavy atom. The molecule has 0 bridgehead atoms. The highest BCUT2D eigenvalue weighted by molar-refractivity contribution is 5.95. The van der Waals surface area contributed by atoms with E-state index in [1.165, 1.54) is 24.3 Å². The lowest BCUT2D eigenvalue weighted by Crippen LogP contribution is -2.50. The van der Waals surface area contributed by atoms with Gasteiger partial charge in [0.25, 0.3) is 5.91 Å². The number of rotatable bonds is 3. The lowest BCUT2D eigenvalue weighted by Gasteiger charge is -2.30. The number of halogens is 2. The third kappa shape index (κ3) is 3.62. The summed E-state index contributed by atoms with van der Waals surface area (Å²) in [6, 6.07) is 10.3. The van der Waals surface area contributed by atoms with Crippen molar-refractivity contribution in [3.8, 4) is 11.1 Å². The van der Waals surface area contributed by atoms with Crippen LogP contribution in [0.4, 0.5) is 8.78 Å². The van der Waals surface area contributed by atoms with Gasteiger partial charge in [-0.3, -0.25) is 4.79 Å². The lowest BCUT2D eigenvalue weighted by atomic mass is 9.94. The van der Waals surface area contributed by atoms with E-state index in [0.717, 1.165) is 13.0 Å². The van der Waals surface area contributed by atoms with Crippen molar-refractivity contribution < 1.29 is 13.6 Å². The van der Waals surface area contributed by atoms with E-state index in [1.807, 2.05) is 0 Å². The molecule has 3 nitrogen and oxygen atoms in total. The summed E-state index contributed by atoms with van der Waals surface area (Å²) < 4.78 is 27.3. The molecule has 0 radical (unpaired) electrons. The minimum absolute atomic E-state index is 0.00225. The number of amides is 1. The van der Waals surface area contributed by atoms with Crippen LogP contribution in [0.15, 0.2) is 42.5 Å². The quantitative estimate of drug-likeness (QED) is 0.906. The Hall–Kier alpha value is -2.27. The molecular weight excluding hydrogens is 310 g/mol. The first-order valence-corrected chi connectivity index (χ1v) is 8.11. The van der Waals surface area contributed by atoms with Crippen molar-refractivity contribution in [1.82, 2.24) is 10.6 Å². The van der Waals surface area contributed by atoms with Crippen molar-refractivity contribution in [2.45, 2.75) is 19.4 Å². The van der Waals surface area contributed by atoms with Crippen LogP contribution < -0.4 is 10.6 Å². The van der Waals surface area contributed by atoms with Gasteiger partial charge in [0.05, 0.1) is 5.56 Å². The van der Waals surface area contributed by atoms with E-state index in [-0.39, 0.29) is 17.4 Å². The van der Waals surface area contributed by atoms with Gasteiger partial charge in [-0.25, -0.2) is 8.78 Å². The molecule has 2 N–H and O–H groups in total. The highest BCUT2D eigenvalue weighted by Gasteiger charge is 2.24. The smallest absolute Gasteiger partial charge is 0.254 e. The Morgan fingerprint density at radius 2 is 1.83 bits per heavy atom. The summed E-state index contributed by atoms with van der Waals surface area (Å²) in [6.45, 7) is 3.72. The summed E-state index contributed by atoms with van der Waals surface area (Å²) in [6.07, 6.45) is 0.983. The van der Waals surface area contributed by atoms with Crippen molar-refractivity contribution in [1.29, 1.82) is 0 Å². The summed E-state index contributed by atoms with van der Waals surface area (Å²) in [7, 11) is 0. The zero-order valence-corrected chi connectivity index (χ0v) is 13.5. The number of carbonyl (C=O) groups is 1. The fourth-order valence-electron chi connectivity index (χ4n) is 2.95. The van der Waals surface area contributed by atoms with Gasteiger partial charge in [0.2, 0.25) is 0 Å². The third-order valence-electron chi connectivity index (χ3n) is 4.54. The molecule has 1 amide bonds. The van der Waals surface area contributed by atoms with E-state index in [1.54, 1.807) is 18.2 Å². The maximum absolute atomic E-state index is 14.4. The molecule has 0 aromatic heterocycles. The van der Waals surface area contributed by atoms with Crippen LogP contribution in [0, 0.1) is 17.6 Å². The molecule has 24 heavy (non-hydrogen) atoms. The average molecular weight is 330 g/mol. The monoisotopic (exact) mass is 330 g/mol. The minimum Gasteiger partial charge on any atom is -0.348 e. The van der Waals surface area contributed by atoms with Crippen LogP contribution in [0.3, 0.4) is 0 Å². The standard InChI is InChI=1S/C19H20F2N2O/c1-12-8-9-22-11-18(12)23-19(24)16-7-4-14(10-17(16)21)13-2-5-15(20)6-3-13/h2-7,10,12,18,22H,8-9,11H2,1H3,(H,23,24). The predicted octanol–water partition coefficient (Wildman–Crippen LogP) is 3.36. The first-order valence-electron chi connectivity index (χ1n) is 8.11. The second-order valence-electron chi connectivity index (χ2n) is 6.25. The van der Waals surface area contributed by atoms with Gasteiger partial charge in [0.15, 0.2) is 0 Å². The molecule has 0 aliphatic carbocycles. The van der Waals surface area contributed by atoms with Crippen molar-refractivity contribution in [2.75, 3.05) is 13.1 Å². The molecule has 3 rings (SSSR count). The van der Waals surface area contributed by atoms with E-state index < -0.39 is 11.7 Å². The Kier molecular flexibility index (Phi) is 4.90. The highest BCUT2D eigenvalue weighted by Crippen LogP contribution is 2.22. The molecule has 126 valence electrons. The Balaban J connectivity index is 1.76. The Bertz CT molecular complexity index is 731. The fraction of sp³-hybridized carbons (Fsp3) is 0.316. The van der Waals surface area contributed by atoms with E-state index in [4.69, 9.17) is 0 Å². The molecule has 1 fully saturated rings. The van der Waals surface area contributed by atoms with Gasteiger partial charge in [-0.2, -0.15) is 0 Å². The van der Waals surface area contributed by atoms with Crippen molar-refractivity contribution in [3.63, 3.8) is 0 Å².